The number of nitrogens with zero attached hydrogens (tertiary/aromatic N) is 3. The molecular formula is C22H21ClFN3O3S. The first-order valence-corrected chi connectivity index (χ1v) is 11.5. The van der Waals surface area contributed by atoms with Gasteiger partial charge < -0.3 is 14.7 Å². The van der Waals surface area contributed by atoms with E-state index in [-0.39, 0.29) is 17.4 Å². The Morgan fingerprint density at radius 3 is 2.32 bits per heavy atom. The Morgan fingerprint density at radius 2 is 1.61 bits per heavy atom. The molecule has 0 aliphatic carbocycles. The summed E-state index contributed by atoms with van der Waals surface area (Å²) in [6.07, 6.45) is 0. The quantitative estimate of drug-likeness (QED) is 0.705. The fourth-order valence-corrected chi connectivity index (χ4v) is 5.08. The van der Waals surface area contributed by atoms with Crippen LogP contribution in [0.25, 0.3) is 0 Å². The van der Waals surface area contributed by atoms with Crippen LogP contribution >= 0.6 is 23.4 Å². The SMILES string of the molecule is O=C(c1cc(Cl)ccc1F)N1CCN(C(=O)[C@@H]2CSCN2C(=O)c2ccccc2)CC1. The van der Waals surface area contributed by atoms with Crippen LogP contribution in [0.2, 0.25) is 5.02 Å². The number of amides is 3. The van der Waals surface area contributed by atoms with Crippen molar-refractivity contribution in [3.8, 4) is 0 Å². The van der Waals surface area contributed by atoms with Crippen LogP contribution in [0.3, 0.4) is 0 Å². The minimum atomic E-state index is -0.619. The number of rotatable bonds is 3. The lowest BCUT2D eigenvalue weighted by molar-refractivity contribution is -0.136. The topological polar surface area (TPSA) is 60.9 Å². The summed E-state index contributed by atoms with van der Waals surface area (Å²) < 4.78 is 14.0. The van der Waals surface area contributed by atoms with E-state index in [4.69, 9.17) is 11.6 Å². The van der Waals surface area contributed by atoms with E-state index < -0.39 is 17.8 Å². The molecule has 3 amide bonds. The summed E-state index contributed by atoms with van der Waals surface area (Å²) in [6.45, 7) is 1.26. The van der Waals surface area contributed by atoms with Gasteiger partial charge in [-0.2, -0.15) is 0 Å². The van der Waals surface area contributed by atoms with Crippen molar-refractivity contribution in [2.45, 2.75) is 6.04 Å². The third-order valence-electron chi connectivity index (χ3n) is 5.49. The zero-order valence-electron chi connectivity index (χ0n) is 16.7. The number of piperazine rings is 1. The van der Waals surface area contributed by atoms with Crippen LogP contribution < -0.4 is 0 Å². The Kier molecular flexibility index (Phi) is 6.48. The molecule has 162 valence electrons. The molecule has 4 rings (SSSR count). The average molecular weight is 462 g/mol. The van der Waals surface area contributed by atoms with Crippen LogP contribution in [0.5, 0.6) is 0 Å². The summed E-state index contributed by atoms with van der Waals surface area (Å²) >= 11 is 7.45. The third-order valence-corrected chi connectivity index (χ3v) is 6.73. The van der Waals surface area contributed by atoms with E-state index in [1.165, 1.54) is 23.1 Å². The van der Waals surface area contributed by atoms with Gasteiger partial charge in [0, 0.05) is 42.5 Å². The Hall–Kier alpha value is -2.58. The van der Waals surface area contributed by atoms with Crippen LogP contribution in [0.4, 0.5) is 4.39 Å². The predicted octanol–water partition coefficient (Wildman–Crippen LogP) is 2.98. The molecule has 2 aromatic rings. The lowest BCUT2D eigenvalue weighted by atomic mass is 10.1. The van der Waals surface area contributed by atoms with Crippen LogP contribution in [0, 0.1) is 5.82 Å². The molecule has 2 heterocycles. The highest BCUT2D eigenvalue weighted by Crippen LogP contribution is 2.25. The van der Waals surface area contributed by atoms with E-state index in [1.807, 2.05) is 6.07 Å². The van der Waals surface area contributed by atoms with E-state index in [9.17, 15) is 18.8 Å². The van der Waals surface area contributed by atoms with E-state index in [1.54, 1.807) is 45.8 Å². The van der Waals surface area contributed by atoms with Crippen molar-refractivity contribution in [3.05, 3.63) is 70.5 Å². The zero-order valence-corrected chi connectivity index (χ0v) is 18.2. The highest BCUT2D eigenvalue weighted by Gasteiger charge is 2.38. The van der Waals surface area contributed by atoms with Crippen molar-refractivity contribution in [1.82, 2.24) is 14.7 Å². The molecular weight excluding hydrogens is 441 g/mol. The molecule has 0 saturated carbocycles. The van der Waals surface area contributed by atoms with E-state index in [0.29, 0.717) is 48.4 Å². The van der Waals surface area contributed by atoms with Crippen LogP contribution in [0.15, 0.2) is 48.5 Å². The molecule has 0 N–H and O–H groups in total. The maximum atomic E-state index is 14.0. The van der Waals surface area contributed by atoms with Crippen molar-refractivity contribution in [2.75, 3.05) is 37.8 Å². The minimum absolute atomic E-state index is 0.0703. The summed E-state index contributed by atoms with van der Waals surface area (Å²) in [5.74, 6) is -0.319. The molecule has 0 bridgehead atoms. The van der Waals surface area contributed by atoms with Gasteiger partial charge in [-0.05, 0) is 30.3 Å². The molecule has 9 heteroatoms. The van der Waals surface area contributed by atoms with Crippen molar-refractivity contribution in [1.29, 1.82) is 0 Å². The van der Waals surface area contributed by atoms with Crippen LogP contribution in [0.1, 0.15) is 20.7 Å². The zero-order chi connectivity index (χ0) is 22.0. The van der Waals surface area contributed by atoms with Gasteiger partial charge in [0.05, 0.1) is 11.4 Å². The number of carbonyl (C=O) groups excluding carboxylic acids is 3. The van der Waals surface area contributed by atoms with Crippen LogP contribution in [-0.2, 0) is 4.79 Å². The highest BCUT2D eigenvalue weighted by atomic mass is 35.5. The number of hydrogen-bond donors (Lipinski definition) is 0. The highest BCUT2D eigenvalue weighted by molar-refractivity contribution is 7.99. The Labute approximate surface area is 188 Å². The summed E-state index contributed by atoms with van der Waals surface area (Å²) in [5, 5.41) is 0.292. The lowest BCUT2D eigenvalue weighted by Gasteiger charge is -2.37. The van der Waals surface area contributed by atoms with Gasteiger partial charge in [0.2, 0.25) is 5.91 Å². The normalized spacial score (nSPS) is 18.9. The molecule has 6 nitrogen and oxygen atoms in total. The second kappa shape index (κ2) is 9.28. The number of thioether (sulfide) groups is 1. The number of halogens is 2. The second-order valence-corrected chi connectivity index (χ2v) is 8.83. The molecule has 0 spiro atoms. The van der Waals surface area contributed by atoms with Gasteiger partial charge in [-0.1, -0.05) is 29.8 Å². The Bertz CT molecular complexity index is 999. The van der Waals surface area contributed by atoms with E-state index in [0.717, 1.165) is 0 Å². The van der Waals surface area contributed by atoms with Gasteiger partial charge in [0.25, 0.3) is 11.8 Å². The maximum absolute atomic E-state index is 14.0. The maximum Gasteiger partial charge on any atom is 0.257 e. The fraction of sp³-hybridized carbons (Fsp3) is 0.318. The molecule has 0 radical (unpaired) electrons. The van der Waals surface area contributed by atoms with Gasteiger partial charge >= 0.3 is 0 Å². The monoisotopic (exact) mass is 461 g/mol. The Balaban J connectivity index is 1.39. The molecule has 2 fully saturated rings. The van der Waals surface area contributed by atoms with E-state index in [2.05, 4.69) is 0 Å². The second-order valence-electron chi connectivity index (χ2n) is 7.40. The third kappa shape index (κ3) is 4.55. The van der Waals surface area contributed by atoms with Crippen molar-refractivity contribution < 1.29 is 18.8 Å². The molecule has 2 aromatic carbocycles. The summed E-state index contributed by atoms with van der Waals surface area (Å²) in [6, 6.07) is 12.3. The first kappa shape index (κ1) is 21.6. The molecule has 0 aromatic heterocycles. The largest absolute Gasteiger partial charge is 0.337 e. The average Bonchev–Trinajstić information content (AvgIpc) is 3.30. The molecule has 2 aliphatic heterocycles. The molecule has 2 saturated heterocycles. The lowest BCUT2D eigenvalue weighted by Crippen LogP contribution is -2.56. The van der Waals surface area contributed by atoms with Gasteiger partial charge in [-0.15, -0.1) is 11.8 Å². The van der Waals surface area contributed by atoms with Gasteiger partial charge in [-0.3, -0.25) is 14.4 Å². The number of benzene rings is 2. The number of carbonyl (C=O) groups is 3. The molecule has 0 unspecified atom stereocenters. The van der Waals surface area contributed by atoms with Crippen molar-refractivity contribution in [2.24, 2.45) is 0 Å². The number of hydrogen-bond acceptors (Lipinski definition) is 4. The summed E-state index contributed by atoms with van der Waals surface area (Å²) in [5.41, 5.74) is 0.487. The Morgan fingerprint density at radius 1 is 0.935 bits per heavy atom. The molecule has 31 heavy (non-hydrogen) atoms. The van der Waals surface area contributed by atoms with E-state index >= 15 is 0 Å². The van der Waals surface area contributed by atoms with Gasteiger partial charge in [0.1, 0.15) is 11.9 Å². The van der Waals surface area contributed by atoms with Gasteiger partial charge in [-0.25, -0.2) is 4.39 Å². The smallest absolute Gasteiger partial charge is 0.257 e. The molecule has 2 aliphatic rings. The predicted molar refractivity (Wildman–Crippen MR) is 118 cm³/mol. The van der Waals surface area contributed by atoms with Crippen molar-refractivity contribution in [3.63, 3.8) is 0 Å². The summed E-state index contributed by atoms with van der Waals surface area (Å²) in [4.78, 5) is 43.5. The fourth-order valence-electron chi connectivity index (χ4n) is 3.77. The minimum Gasteiger partial charge on any atom is -0.337 e. The summed E-state index contributed by atoms with van der Waals surface area (Å²) in [7, 11) is 0. The first-order valence-electron chi connectivity index (χ1n) is 9.92. The van der Waals surface area contributed by atoms with Crippen LogP contribution in [-0.4, -0.2) is 76.3 Å². The standard InChI is InChI=1S/C22H21ClFN3O3S/c23-16-6-7-18(24)17(12-16)21(29)25-8-10-26(11-9-25)22(30)19-13-31-14-27(19)20(28)15-4-2-1-3-5-15/h1-7,12,19H,8-11,13-14H2/t19-/m0/s1. The first-order chi connectivity index (χ1) is 15.0. The van der Waals surface area contributed by atoms with Crippen molar-refractivity contribution >= 4 is 41.1 Å². The molecule has 1 atom stereocenters. The van der Waals surface area contributed by atoms with Gasteiger partial charge in [0.15, 0.2) is 0 Å².